The van der Waals surface area contributed by atoms with Crippen LogP contribution in [-0.2, 0) is 0 Å². The third kappa shape index (κ3) is 0.325. The Morgan fingerprint density at radius 2 is 2.43 bits per heavy atom. The number of hydrogen-bond acceptors (Lipinski definition) is 1. The number of piperidine rings is 1. The quantitative estimate of drug-likeness (QED) is 0.433. The fourth-order valence-electron chi connectivity index (χ4n) is 1.69. The van der Waals surface area contributed by atoms with Crippen molar-refractivity contribution in [1.29, 1.82) is 0 Å². The van der Waals surface area contributed by atoms with E-state index in [1.165, 1.54) is 19.4 Å². The van der Waals surface area contributed by atoms with E-state index in [1.807, 2.05) is 0 Å². The normalized spacial score (nSPS) is 49.3. The van der Waals surface area contributed by atoms with Crippen LogP contribution in [0.1, 0.15) is 19.8 Å². The lowest BCUT2D eigenvalue weighted by atomic mass is 9.84. The summed E-state index contributed by atoms with van der Waals surface area (Å²) in [5, 5.41) is 0. The third-order valence-electron chi connectivity index (χ3n) is 2.37. The molecule has 0 N–H and O–H groups in total. The van der Waals surface area contributed by atoms with Gasteiger partial charge in [0.2, 0.25) is 0 Å². The predicted octanol–water partition coefficient (Wildman–Crippen LogP) is 0.853. The Kier molecular flexibility index (Phi) is 0.571. The molecule has 40 valence electrons. The number of rotatable bonds is 0. The summed E-state index contributed by atoms with van der Waals surface area (Å²) in [4.78, 5) is 2.57. The van der Waals surface area contributed by atoms with Crippen LogP contribution in [0.5, 0.6) is 0 Å². The summed E-state index contributed by atoms with van der Waals surface area (Å²) in [5.41, 5.74) is 0. The minimum atomic E-state index is 0.929. The number of hydrogen-bond donors (Lipinski definition) is 0. The van der Waals surface area contributed by atoms with Gasteiger partial charge in [0.1, 0.15) is 0 Å². The molecule has 2 fully saturated rings. The highest BCUT2D eigenvalue weighted by Crippen LogP contribution is 2.35. The second-order valence-corrected chi connectivity index (χ2v) is 2.77. The summed E-state index contributed by atoms with van der Waals surface area (Å²) >= 11 is 0. The van der Waals surface area contributed by atoms with Crippen LogP contribution in [0.3, 0.4) is 0 Å². The lowest BCUT2D eigenvalue weighted by Gasteiger charge is -2.55. The number of fused-ring (bicyclic) bond motifs is 1. The topological polar surface area (TPSA) is 3.24 Å². The molecule has 2 rings (SSSR count). The van der Waals surface area contributed by atoms with Gasteiger partial charge in [0.05, 0.1) is 0 Å². The van der Waals surface area contributed by atoms with Crippen molar-refractivity contribution < 1.29 is 0 Å². The Morgan fingerprint density at radius 3 is 2.43 bits per heavy atom. The molecule has 0 spiro atoms. The van der Waals surface area contributed by atoms with Crippen LogP contribution in [0.4, 0.5) is 0 Å². The van der Waals surface area contributed by atoms with Gasteiger partial charge in [0.25, 0.3) is 0 Å². The first kappa shape index (κ1) is 3.90. The van der Waals surface area contributed by atoms with Crippen LogP contribution in [0.25, 0.3) is 0 Å². The average Bonchev–Trinajstić information content (AvgIpc) is 1.59. The lowest BCUT2D eigenvalue weighted by Crippen LogP contribution is -2.62. The van der Waals surface area contributed by atoms with Crippen molar-refractivity contribution in [3.05, 3.63) is 0 Å². The first-order chi connectivity index (χ1) is 3.38. The monoisotopic (exact) mass is 97.1 g/mol. The number of nitrogens with zero attached hydrogens (tertiary/aromatic N) is 1. The minimum absolute atomic E-state index is 0.929. The summed E-state index contributed by atoms with van der Waals surface area (Å²) < 4.78 is 0. The Labute approximate surface area is 44.3 Å². The highest BCUT2D eigenvalue weighted by atomic mass is 15.3. The van der Waals surface area contributed by atoms with Gasteiger partial charge in [0.15, 0.2) is 0 Å². The van der Waals surface area contributed by atoms with Crippen LogP contribution >= 0.6 is 0 Å². The summed E-state index contributed by atoms with van der Waals surface area (Å²) in [7, 11) is 0. The predicted molar refractivity (Wildman–Crippen MR) is 29.2 cm³/mol. The van der Waals surface area contributed by atoms with E-state index in [-0.39, 0.29) is 0 Å². The molecule has 0 radical (unpaired) electrons. The van der Waals surface area contributed by atoms with Gasteiger partial charge >= 0.3 is 0 Å². The van der Waals surface area contributed by atoms with E-state index in [0.717, 1.165) is 12.1 Å². The highest BCUT2D eigenvalue weighted by molar-refractivity contribution is 4.97. The van der Waals surface area contributed by atoms with E-state index in [2.05, 4.69) is 11.8 Å². The fourth-order valence-corrected chi connectivity index (χ4v) is 1.69. The van der Waals surface area contributed by atoms with Gasteiger partial charge < -0.3 is 0 Å². The van der Waals surface area contributed by atoms with Gasteiger partial charge in [0, 0.05) is 18.6 Å². The molecule has 2 atom stereocenters. The van der Waals surface area contributed by atoms with Crippen LogP contribution in [0.15, 0.2) is 0 Å². The van der Waals surface area contributed by atoms with E-state index in [1.54, 1.807) is 0 Å². The van der Waals surface area contributed by atoms with Crippen LogP contribution in [-0.4, -0.2) is 23.5 Å². The van der Waals surface area contributed by atoms with Gasteiger partial charge in [-0.05, 0) is 19.8 Å². The Morgan fingerprint density at radius 1 is 1.57 bits per heavy atom. The molecule has 2 heterocycles. The molecule has 0 aliphatic carbocycles. The van der Waals surface area contributed by atoms with Crippen molar-refractivity contribution in [2.45, 2.75) is 31.8 Å². The molecule has 2 aliphatic rings. The molecule has 0 saturated carbocycles. The van der Waals surface area contributed by atoms with Gasteiger partial charge in [-0.15, -0.1) is 0 Å². The maximum Gasteiger partial charge on any atom is 0.0125 e. The Hall–Kier alpha value is -0.0400. The smallest absolute Gasteiger partial charge is 0.0125 e. The standard InChI is InChI=1S/C6H11N/c1-5-4-6-2-3-7(5)6/h5-6H,2-4H2,1H3/t5-,6?/m1/s1. The summed E-state index contributed by atoms with van der Waals surface area (Å²) in [5.74, 6) is 0. The van der Waals surface area contributed by atoms with Gasteiger partial charge in [-0.25, -0.2) is 0 Å². The van der Waals surface area contributed by atoms with Crippen molar-refractivity contribution in [2.75, 3.05) is 6.54 Å². The fraction of sp³-hybridized carbons (Fsp3) is 1.00. The molecule has 1 heteroatoms. The molecule has 2 aliphatic heterocycles. The second-order valence-electron chi connectivity index (χ2n) is 2.77. The molecular formula is C6H11N. The van der Waals surface area contributed by atoms with Crippen LogP contribution in [0, 0.1) is 0 Å². The Balaban J connectivity index is 1.99. The van der Waals surface area contributed by atoms with E-state index in [9.17, 15) is 0 Å². The van der Waals surface area contributed by atoms with Gasteiger partial charge in [-0.3, -0.25) is 4.90 Å². The zero-order valence-electron chi connectivity index (χ0n) is 4.72. The highest BCUT2D eigenvalue weighted by Gasteiger charge is 2.41. The van der Waals surface area contributed by atoms with Crippen molar-refractivity contribution >= 4 is 0 Å². The zero-order chi connectivity index (χ0) is 4.85. The molecule has 0 aromatic rings. The molecule has 0 aromatic heterocycles. The summed E-state index contributed by atoms with van der Waals surface area (Å²) in [6.45, 7) is 3.70. The van der Waals surface area contributed by atoms with E-state index in [4.69, 9.17) is 0 Å². The van der Waals surface area contributed by atoms with Crippen LogP contribution < -0.4 is 0 Å². The van der Waals surface area contributed by atoms with E-state index in [0.29, 0.717) is 0 Å². The van der Waals surface area contributed by atoms with Crippen molar-refractivity contribution in [1.82, 2.24) is 4.90 Å². The van der Waals surface area contributed by atoms with Crippen molar-refractivity contribution in [3.8, 4) is 0 Å². The van der Waals surface area contributed by atoms with Gasteiger partial charge in [-0.2, -0.15) is 0 Å². The van der Waals surface area contributed by atoms with E-state index >= 15 is 0 Å². The zero-order valence-corrected chi connectivity index (χ0v) is 4.72. The first-order valence-electron chi connectivity index (χ1n) is 3.13. The molecule has 1 nitrogen and oxygen atoms in total. The largest absolute Gasteiger partial charge is 0.297 e. The Bertz CT molecular complexity index is 86.2. The molecule has 0 aromatic carbocycles. The third-order valence-corrected chi connectivity index (χ3v) is 2.37. The molecule has 7 heavy (non-hydrogen) atoms. The van der Waals surface area contributed by atoms with E-state index < -0.39 is 0 Å². The maximum atomic E-state index is 2.57. The average molecular weight is 97.2 g/mol. The van der Waals surface area contributed by atoms with Gasteiger partial charge in [-0.1, -0.05) is 0 Å². The summed E-state index contributed by atoms with van der Waals surface area (Å²) in [6.07, 6.45) is 2.95. The lowest BCUT2D eigenvalue weighted by molar-refractivity contribution is -0.0556. The molecule has 0 amide bonds. The maximum absolute atomic E-state index is 2.57. The van der Waals surface area contributed by atoms with Crippen LogP contribution in [0.2, 0.25) is 0 Å². The summed E-state index contributed by atoms with van der Waals surface area (Å²) in [6, 6.07) is 1.95. The molecule has 2 saturated heterocycles. The SMILES string of the molecule is C[C@@H]1CC2CCN21. The molecular weight excluding hydrogens is 86.1 g/mol. The minimum Gasteiger partial charge on any atom is -0.297 e. The van der Waals surface area contributed by atoms with Crippen molar-refractivity contribution in [3.63, 3.8) is 0 Å². The van der Waals surface area contributed by atoms with Crippen molar-refractivity contribution in [2.24, 2.45) is 0 Å². The molecule has 1 unspecified atom stereocenters. The first-order valence-corrected chi connectivity index (χ1v) is 3.13. The molecule has 0 bridgehead atoms. The second kappa shape index (κ2) is 1.03.